The van der Waals surface area contributed by atoms with Gasteiger partial charge >= 0.3 is 0 Å². The van der Waals surface area contributed by atoms with Gasteiger partial charge in [0.1, 0.15) is 30.3 Å². The van der Waals surface area contributed by atoms with Crippen LogP contribution in [0, 0.1) is 11.6 Å². The Balaban J connectivity index is 1.77. The molecule has 7 heteroatoms. The highest BCUT2D eigenvalue weighted by Crippen LogP contribution is 2.25. The van der Waals surface area contributed by atoms with E-state index in [1.54, 1.807) is 31.2 Å². The number of nitrogens with one attached hydrogen (secondary N) is 1. The number of hydrogen-bond acceptors (Lipinski definition) is 3. The summed E-state index contributed by atoms with van der Waals surface area (Å²) in [5.41, 5.74) is 1.53. The van der Waals surface area contributed by atoms with E-state index in [2.05, 4.69) is 5.32 Å². The summed E-state index contributed by atoms with van der Waals surface area (Å²) < 4.78 is 32.8. The molecule has 3 aromatic rings. The second kappa shape index (κ2) is 9.50. The molecule has 0 heterocycles. The van der Waals surface area contributed by atoms with Crippen LogP contribution in [0.4, 0.5) is 8.78 Å². The fraction of sp³-hybridized carbons (Fsp3) is 0.130. The molecular formula is C23H18ClF2NO3. The van der Waals surface area contributed by atoms with E-state index in [1.807, 2.05) is 0 Å². The van der Waals surface area contributed by atoms with Gasteiger partial charge in [-0.15, -0.1) is 0 Å². The molecular weight excluding hydrogens is 412 g/mol. The van der Waals surface area contributed by atoms with E-state index < -0.39 is 17.5 Å². The number of halogens is 3. The Labute approximate surface area is 177 Å². The summed E-state index contributed by atoms with van der Waals surface area (Å²) >= 11 is 6.03. The predicted octanol–water partition coefficient (Wildman–Crippen LogP) is 5.50. The molecule has 0 fully saturated rings. The number of hydrogen-bond donors (Lipinski definition) is 1. The topological polar surface area (TPSA) is 55.4 Å². The number of amides is 1. The summed E-state index contributed by atoms with van der Waals surface area (Å²) in [7, 11) is 0. The Hall–Kier alpha value is -3.25. The SMILES string of the molecule is C[C@H](NC(=O)c1cc(Cl)ccc1OCc1cc(F)ccc1F)c1ccc(C=O)cc1. The van der Waals surface area contributed by atoms with Crippen molar-refractivity contribution in [1.29, 1.82) is 0 Å². The summed E-state index contributed by atoms with van der Waals surface area (Å²) in [6.07, 6.45) is 0.740. The lowest BCUT2D eigenvalue weighted by molar-refractivity contribution is 0.0935. The Kier molecular flexibility index (Phi) is 6.79. The number of carbonyl (C=O) groups is 2. The van der Waals surface area contributed by atoms with Crippen LogP contribution < -0.4 is 10.1 Å². The summed E-state index contributed by atoms with van der Waals surface area (Å²) in [5.74, 6) is -1.45. The molecule has 0 aliphatic heterocycles. The first kappa shape index (κ1) is 21.5. The molecule has 0 aromatic heterocycles. The van der Waals surface area contributed by atoms with Crippen LogP contribution in [0.1, 0.15) is 44.8 Å². The first-order chi connectivity index (χ1) is 14.4. The Bertz CT molecular complexity index is 1070. The van der Waals surface area contributed by atoms with Crippen molar-refractivity contribution in [2.75, 3.05) is 0 Å². The normalized spacial score (nSPS) is 11.6. The number of benzene rings is 3. The van der Waals surface area contributed by atoms with E-state index in [1.165, 1.54) is 18.2 Å². The lowest BCUT2D eigenvalue weighted by atomic mass is 10.1. The smallest absolute Gasteiger partial charge is 0.255 e. The quantitative estimate of drug-likeness (QED) is 0.504. The highest BCUT2D eigenvalue weighted by atomic mass is 35.5. The third kappa shape index (κ3) is 5.21. The Morgan fingerprint density at radius 1 is 1.10 bits per heavy atom. The Morgan fingerprint density at radius 3 is 2.53 bits per heavy atom. The van der Waals surface area contributed by atoms with E-state index >= 15 is 0 Å². The highest BCUT2D eigenvalue weighted by Gasteiger charge is 2.17. The molecule has 0 radical (unpaired) electrons. The molecule has 1 atom stereocenters. The van der Waals surface area contributed by atoms with Gasteiger partial charge in [0.25, 0.3) is 5.91 Å². The van der Waals surface area contributed by atoms with Gasteiger partial charge in [-0.2, -0.15) is 0 Å². The van der Waals surface area contributed by atoms with Gasteiger partial charge < -0.3 is 10.1 Å². The van der Waals surface area contributed by atoms with Crippen LogP contribution in [0.15, 0.2) is 60.7 Å². The maximum absolute atomic E-state index is 13.8. The van der Waals surface area contributed by atoms with Crippen molar-refractivity contribution < 1.29 is 23.1 Å². The number of carbonyl (C=O) groups excluding carboxylic acids is 2. The average Bonchev–Trinajstić information content (AvgIpc) is 2.75. The maximum Gasteiger partial charge on any atom is 0.255 e. The van der Waals surface area contributed by atoms with E-state index in [-0.39, 0.29) is 29.5 Å². The van der Waals surface area contributed by atoms with Gasteiger partial charge in [0.15, 0.2) is 0 Å². The van der Waals surface area contributed by atoms with Gasteiger partial charge in [-0.25, -0.2) is 8.78 Å². The standard InChI is InChI=1S/C23H18ClF2NO3/c1-14(16-4-2-15(12-28)3-5-16)27-23(29)20-11-18(24)6-9-22(20)30-13-17-10-19(25)7-8-21(17)26/h2-12,14H,13H2,1H3,(H,27,29)/t14-/m0/s1. The molecule has 0 aliphatic carbocycles. The van der Waals surface area contributed by atoms with Gasteiger partial charge in [-0.3, -0.25) is 9.59 Å². The van der Waals surface area contributed by atoms with Gasteiger partial charge in [-0.05, 0) is 48.9 Å². The molecule has 154 valence electrons. The fourth-order valence-corrected chi connectivity index (χ4v) is 3.01. The molecule has 0 saturated carbocycles. The van der Waals surface area contributed by atoms with E-state index in [0.29, 0.717) is 10.6 Å². The zero-order valence-corrected chi connectivity index (χ0v) is 16.7. The van der Waals surface area contributed by atoms with Gasteiger partial charge in [-0.1, -0.05) is 35.9 Å². The second-order valence-electron chi connectivity index (χ2n) is 6.64. The van der Waals surface area contributed by atoms with Crippen LogP contribution in [-0.4, -0.2) is 12.2 Å². The molecule has 1 amide bonds. The molecule has 4 nitrogen and oxygen atoms in total. The third-order valence-corrected chi connectivity index (χ3v) is 4.73. The van der Waals surface area contributed by atoms with Crippen LogP contribution in [0.2, 0.25) is 5.02 Å². The molecule has 3 rings (SSSR count). The monoisotopic (exact) mass is 429 g/mol. The summed E-state index contributed by atoms with van der Waals surface area (Å²) in [4.78, 5) is 23.6. The molecule has 1 N–H and O–H groups in total. The number of aldehydes is 1. The van der Waals surface area contributed by atoms with Crippen molar-refractivity contribution in [3.8, 4) is 5.75 Å². The van der Waals surface area contributed by atoms with Crippen molar-refractivity contribution in [2.45, 2.75) is 19.6 Å². The summed E-state index contributed by atoms with van der Waals surface area (Å²) in [6.45, 7) is 1.54. The van der Waals surface area contributed by atoms with Crippen LogP contribution in [0.25, 0.3) is 0 Å². The zero-order chi connectivity index (χ0) is 21.7. The lowest BCUT2D eigenvalue weighted by Gasteiger charge is -2.17. The zero-order valence-electron chi connectivity index (χ0n) is 16.0. The lowest BCUT2D eigenvalue weighted by Crippen LogP contribution is -2.27. The van der Waals surface area contributed by atoms with Gasteiger partial charge in [0, 0.05) is 16.1 Å². The predicted molar refractivity (Wildman–Crippen MR) is 110 cm³/mol. The van der Waals surface area contributed by atoms with Crippen LogP contribution >= 0.6 is 11.6 Å². The largest absolute Gasteiger partial charge is 0.488 e. The van der Waals surface area contributed by atoms with Gasteiger partial charge in [0.2, 0.25) is 0 Å². The molecule has 0 saturated heterocycles. The third-order valence-electron chi connectivity index (χ3n) is 4.50. The molecule has 30 heavy (non-hydrogen) atoms. The van der Waals surface area contributed by atoms with Crippen LogP contribution in [-0.2, 0) is 6.61 Å². The highest BCUT2D eigenvalue weighted by molar-refractivity contribution is 6.31. The molecule has 0 aliphatic rings. The summed E-state index contributed by atoms with van der Waals surface area (Å²) in [6, 6.07) is 14.0. The van der Waals surface area contributed by atoms with Crippen molar-refractivity contribution in [3.05, 3.63) is 99.6 Å². The minimum atomic E-state index is -0.608. The average molecular weight is 430 g/mol. The maximum atomic E-state index is 13.8. The minimum Gasteiger partial charge on any atom is -0.488 e. The summed E-state index contributed by atoms with van der Waals surface area (Å²) in [5, 5.41) is 3.16. The van der Waals surface area contributed by atoms with Crippen molar-refractivity contribution in [2.24, 2.45) is 0 Å². The van der Waals surface area contributed by atoms with E-state index in [0.717, 1.165) is 30.0 Å². The second-order valence-corrected chi connectivity index (χ2v) is 7.08. The van der Waals surface area contributed by atoms with E-state index in [9.17, 15) is 18.4 Å². The Morgan fingerprint density at radius 2 is 1.83 bits per heavy atom. The van der Waals surface area contributed by atoms with Crippen LogP contribution in [0.5, 0.6) is 5.75 Å². The van der Waals surface area contributed by atoms with Crippen molar-refractivity contribution >= 4 is 23.8 Å². The van der Waals surface area contributed by atoms with Crippen molar-refractivity contribution in [3.63, 3.8) is 0 Å². The van der Waals surface area contributed by atoms with E-state index in [4.69, 9.17) is 16.3 Å². The van der Waals surface area contributed by atoms with Crippen molar-refractivity contribution in [1.82, 2.24) is 5.32 Å². The first-order valence-electron chi connectivity index (χ1n) is 9.09. The molecule has 3 aromatic carbocycles. The minimum absolute atomic E-state index is 0.0277. The van der Waals surface area contributed by atoms with Crippen LogP contribution in [0.3, 0.4) is 0 Å². The molecule has 0 bridgehead atoms. The fourth-order valence-electron chi connectivity index (χ4n) is 2.84. The number of rotatable bonds is 7. The number of ether oxygens (including phenoxy) is 1. The first-order valence-corrected chi connectivity index (χ1v) is 9.47. The van der Waals surface area contributed by atoms with Gasteiger partial charge in [0.05, 0.1) is 11.6 Å². The molecule has 0 unspecified atom stereocenters. The molecule has 0 spiro atoms.